The number of aromatic nitrogens is 2. The van der Waals surface area contributed by atoms with E-state index in [1.54, 1.807) is 18.3 Å². The lowest BCUT2D eigenvalue weighted by Gasteiger charge is -2.33. The van der Waals surface area contributed by atoms with Gasteiger partial charge in [0, 0.05) is 25.3 Å². The second kappa shape index (κ2) is 9.00. The van der Waals surface area contributed by atoms with Crippen LogP contribution >= 0.6 is 0 Å². The van der Waals surface area contributed by atoms with E-state index in [-0.39, 0.29) is 0 Å². The number of anilines is 1. The van der Waals surface area contributed by atoms with E-state index in [4.69, 9.17) is 10.00 Å². The van der Waals surface area contributed by atoms with Gasteiger partial charge in [-0.2, -0.15) is 10.4 Å². The number of hydrogen-bond acceptors (Lipinski definition) is 6. The molecule has 6 nitrogen and oxygen atoms in total. The summed E-state index contributed by atoms with van der Waals surface area (Å²) in [6.07, 6.45) is 5.00. The highest BCUT2D eigenvalue weighted by Crippen LogP contribution is 2.16. The van der Waals surface area contributed by atoms with E-state index in [9.17, 15) is 0 Å². The first-order chi connectivity index (χ1) is 12.3. The molecule has 0 aliphatic carbocycles. The lowest BCUT2D eigenvalue weighted by Crippen LogP contribution is -2.46. The first-order valence-electron chi connectivity index (χ1n) is 8.74. The van der Waals surface area contributed by atoms with Crippen molar-refractivity contribution in [2.24, 2.45) is 0 Å². The van der Waals surface area contributed by atoms with Gasteiger partial charge in [-0.1, -0.05) is 0 Å². The highest BCUT2D eigenvalue weighted by Gasteiger charge is 2.20. The molecule has 25 heavy (non-hydrogen) atoms. The Morgan fingerprint density at radius 2 is 2.16 bits per heavy atom. The molecule has 6 heteroatoms. The molecule has 3 rings (SSSR count). The van der Waals surface area contributed by atoms with E-state index in [0.29, 0.717) is 18.2 Å². The van der Waals surface area contributed by atoms with E-state index in [2.05, 4.69) is 26.5 Å². The van der Waals surface area contributed by atoms with Gasteiger partial charge in [-0.05, 0) is 62.2 Å². The van der Waals surface area contributed by atoms with Crippen LogP contribution in [-0.4, -0.2) is 42.5 Å². The highest BCUT2D eigenvalue weighted by molar-refractivity contribution is 5.37. The van der Waals surface area contributed by atoms with Gasteiger partial charge in [-0.25, -0.2) is 0 Å². The van der Waals surface area contributed by atoms with E-state index < -0.39 is 0 Å². The fraction of sp³-hybridized carbons (Fsp3) is 0.421. The molecular weight excluding hydrogens is 314 g/mol. The summed E-state index contributed by atoms with van der Waals surface area (Å²) in [7, 11) is 0. The van der Waals surface area contributed by atoms with Crippen molar-refractivity contribution in [2.75, 3.05) is 31.1 Å². The quantitative estimate of drug-likeness (QED) is 0.782. The zero-order valence-corrected chi connectivity index (χ0v) is 14.3. The van der Waals surface area contributed by atoms with Crippen LogP contribution < -0.4 is 15.0 Å². The number of benzene rings is 1. The molecule has 2 heterocycles. The first kappa shape index (κ1) is 17.2. The molecule has 1 unspecified atom stereocenters. The van der Waals surface area contributed by atoms with Crippen LogP contribution in [0.15, 0.2) is 42.6 Å². The molecular formula is C19H23N5O. The van der Waals surface area contributed by atoms with Crippen molar-refractivity contribution < 1.29 is 4.74 Å². The van der Waals surface area contributed by atoms with E-state index in [0.717, 1.165) is 44.0 Å². The van der Waals surface area contributed by atoms with Crippen molar-refractivity contribution in [1.82, 2.24) is 15.5 Å². The van der Waals surface area contributed by atoms with Crippen LogP contribution in [0.3, 0.4) is 0 Å². The minimum Gasteiger partial charge on any atom is -0.494 e. The average Bonchev–Trinajstić information content (AvgIpc) is 2.69. The molecule has 1 fully saturated rings. The van der Waals surface area contributed by atoms with Gasteiger partial charge < -0.3 is 15.0 Å². The summed E-state index contributed by atoms with van der Waals surface area (Å²) < 4.78 is 5.71. The lowest BCUT2D eigenvalue weighted by atomic mass is 10.1. The zero-order valence-electron chi connectivity index (χ0n) is 14.3. The number of nitriles is 1. The van der Waals surface area contributed by atoms with E-state index >= 15 is 0 Å². The lowest BCUT2D eigenvalue weighted by molar-refractivity contribution is 0.301. The Morgan fingerprint density at radius 1 is 1.28 bits per heavy atom. The van der Waals surface area contributed by atoms with Gasteiger partial charge in [0.2, 0.25) is 0 Å². The van der Waals surface area contributed by atoms with Gasteiger partial charge in [-0.15, -0.1) is 5.10 Å². The third kappa shape index (κ3) is 5.16. The van der Waals surface area contributed by atoms with Gasteiger partial charge >= 0.3 is 0 Å². The molecule has 0 radical (unpaired) electrons. The summed E-state index contributed by atoms with van der Waals surface area (Å²) in [5, 5.41) is 20.6. The fourth-order valence-corrected chi connectivity index (χ4v) is 3.01. The Hall–Kier alpha value is -2.65. The summed E-state index contributed by atoms with van der Waals surface area (Å²) >= 11 is 0. The Balaban J connectivity index is 1.35. The molecule has 0 amide bonds. The number of ether oxygens (including phenoxy) is 1. The van der Waals surface area contributed by atoms with Crippen molar-refractivity contribution >= 4 is 5.82 Å². The summed E-state index contributed by atoms with van der Waals surface area (Å²) in [6.45, 7) is 3.60. The second-order valence-corrected chi connectivity index (χ2v) is 6.16. The maximum atomic E-state index is 8.78. The van der Waals surface area contributed by atoms with Gasteiger partial charge in [0.25, 0.3) is 0 Å². The minimum absolute atomic E-state index is 0.477. The van der Waals surface area contributed by atoms with Crippen LogP contribution in [0.1, 0.15) is 24.8 Å². The molecule has 1 aliphatic heterocycles. The summed E-state index contributed by atoms with van der Waals surface area (Å²) in [5.41, 5.74) is 0.652. The van der Waals surface area contributed by atoms with Crippen LogP contribution in [0.25, 0.3) is 0 Å². The smallest absolute Gasteiger partial charge is 0.151 e. The van der Waals surface area contributed by atoms with Crippen molar-refractivity contribution in [2.45, 2.75) is 25.3 Å². The molecule has 1 aromatic heterocycles. The predicted octanol–water partition coefficient (Wildman–Crippen LogP) is 2.38. The van der Waals surface area contributed by atoms with Gasteiger partial charge in [0.15, 0.2) is 5.82 Å². The number of hydrogen-bond donors (Lipinski definition) is 1. The SMILES string of the molecule is N#Cc1ccc(OCCCNC2CCCN(c3cccnn3)C2)cc1. The maximum Gasteiger partial charge on any atom is 0.151 e. The first-order valence-corrected chi connectivity index (χ1v) is 8.74. The molecule has 130 valence electrons. The Morgan fingerprint density at radius 3 is 2.92 bits per heavy atom. The summed E-state index contributed by atoms with van der Waals surface area (Å²) in [6, 6.07) is 13.8. The van der Waals surface area contributed by atoms with Crippen LogP contribution in [-0.2, 0) is 0 Å². The predicted molar refractivity (Wildman–Crippen MR) is 96.5 cm³/mol. The van der Waals surface area contributed by atoms with Crippen molar-refractivity contribution in [3.05, 3.63) is 48.2 Å². The molecule has 2 aromatic rings. The van der Waals surface area contributed by atoms with Gasteiger partial charge in [0.05, 0.1) is 18.2 Å². The molecule has 1 aliphatic rings. The van der Waals surface area contributed by atoms with Crippen LogP contribution in [0, 0.1) is 11.3 Å². The Labute approximate surface area is 148 Å². The van der Waals surface area contributed by atoms with Crippen molar-refractivity contribution in [1.29, 1.82) is 5.26 Å². The molecule has 0 saturated carbocycles. The average molecular weight is 337 g/mol. The summed E-state index contributed by atoms with van der Waals surface area (Å²) in [4.78, 5) is 2.29. The van der Waals surface area contributed by atoms with Gasteiger partial charge in [-0.3, -0.25) is 0 Å². The minimum atomic E-state index is 0.477. The largest absolute Gasteiger partial charge is 0.494 e. The molecule has 1 aromatic carbocycles. The van der Waals surface area contributed by atoms with Gasteiger partial charge in [0.1, 0.15) is 5.75 Å². The zero-order chi connectivity index (χ0) is 17.3. The number of nitrogens with one attached hydrogen (secondary N) is 1. The molecule has 0 spiro atoms. The fourth-order valence-electron chi connectivity index (χ4n) is 3.01. The second-order valence-electron chi connectivity index (χ2n) is 6.16. The molecule has 0 bridgehead atoms. The Kier molecular flexibility index (Phi) is 6.18. The number of rotatable bonds is 7. The van der Waals surface area contributed by atoms with E-state index in [1.807, 2.05) is 24.3 Å². The van der Waals surface area contributed by atoms with E-state index in [1.165, 1.54) is 6.42 Å². The highest BCUT2D eigenvalue weighted by atomic mass is 16.5. The van der Waals surface area contributed by atoms with Crippen molar-refractivity contribution in [3.8, 4) is 11.8 Å². The molecule has 1 saturated heterocycles. The molecule has 1 atom stereocenters. The third-order valence-corrected chi connectivity index (χ3v) is 4.31. The maximum absolute atomic E-state index is 8.78. The third-order valence-electron chi connectivity index (χ3n) is 4.31. The topological polar surface area (TPSA) is 74.1 Å². The number of nitrogens with zero attached hydrogens (tertiary/aromatic N) is 4. The van der Waals surface area contributed by atoms with Crippen LogP contribution in [0.4, 0.5) is 5.82 Å². The number of piperidine rings is 1. The summed E-state index contributed by atoms with van der Waals surface area (Å²) in [5.74, 6) is 1.77. The monoisotopic (exact) mass is 337 g/mol. The standard InChI is InChI=1S/C19H23N5O/c20-14-16-6-8-18(9-7-16)25-13-3-10-21-17-4-2-12-24(15-17)19-5-1-11-22-23-19/h1,5-9,11,17,21H,2-4,10,12-13,15H2. The van der Waals surface area contributed by atoms with Crippen LogP contribution in [0.2, 0.25) is 0 Å². The van der Waals surface area contributed by atoms with Crippen LogP contribution in [0.5, 0.6) is 5.75 Å². The van der Waals surface area contributed by atoms with Crippen molar-refractivity contribution in [3.63, 3.8) is 0 Å². The Bertz CT molecular complexity index is 683. The normalized spacial score (nSPS) is 17.1. The molecule has 1 N–H and O–H groups in total.